The molecule has 1 aromatic carbocycles. The lowest BCUT2D eigenvalue weighted by molar-refractivity contribution is 0.0653. The van der Waals surface area contributed by atoms with E-state index in [2.05, 4.69) is 24.0 Å². The van der Waals surface area contributed by atoms with E-state index in [-0.39, 0.29) is 18.7 Å². The van der Waals surface area contributed by atoms with Crippen molar-refractivity contribution in [1.82, 2.24) is 4.90 Å². The summed E-state index contributed by atoms with van der Waals surface area (Å²) in [6.45, 7) is 3.36. The van der Waals surface area contributed by atoms with Gasteiger partial charge < -0.3 is 10.8 Å². The quantitative estimate of drug-likeness (QED) is 0.878. The molecule has 1 saturated heterocycles. The first-order chi connectivity index (χ1) is 9.63. The summed E-state index contributed by atoms with van der Waals surface area (Å²) in [7, 11) is 0. The minimum absolute atomic E-state index is 0.0514. The van der Waals surface area contributed by atoms with E-state index in [1.54, 1.807) is 0 Å². The smallest absolute Gasteiger partial charge is 0.0499 e. The predicted octanol–water partition coefficient (Wildman–Crippen LogP) is 2.97. The highest BCUT2D eigenvalue weighted by Crippen LogP contribution is 2.32. The Kier molecular flexibility index (Phi) is 5.85. The first kappa shape index (κ1) is 15.8. The summed E-state index contributed by atoms with van der Waals surface area (Å²) in [5, 5.41) is 10.0. The highest BCUT2D eigenvalue weighted by molar-refractivity contribution is 6.30. The number of likely N-dealkylation sites (tertiary alicyclic amines) is 1. The number of hydrogen-bond donors (Lipinski definition) is 2. The first-order valence-electron chi connectivity index (χ1n) is 7.51. The molecule has 0 bridgehead atoms. The van der Waals surface area contributed by atoms with Crippen molar-refractivity contribution in [2.45, 2.75) is 50.7 Å². The molecule has 2 rings (SSSR count). The second-order valence-corrected chi connectivity index (χ2v) is 6.19. The number of aliphatic hydroxyl groups excluding tert-OH is 1. The summed E-state index contributed by atoms with van der Waals surface area (Å²) in [6, 6.07) is 8.68. The second-order valence-electron chi connectivity index (χ2n) is 5.76. The number of hydrogen-bond acceptors (Lipinski definition) is 3. The van der Waals surface area contributed by atoms with Gasteiger partial charge in [0.2, 0.25) is 0 Å². The summed E-state index contributed by atoms with van der Waals surface area (Å²) in [5.41, 5.74) is 7.48. The van der Waals surface area contributed by atoms with E-state index < -0.39 is 0 Å². The van der Waals surface area contributed by atoms with Crippen LogP contribution in [-0.2, 0) is 0 Å². The molecule has 3 nitrogen and oxygen atoms in total. The van der Waals surface area contributed by atoms with Gasteiger partial charge in [0, 0.05) is 29.8 Å². The van der Waals surface area contributed by atoms with Gasteiger partial charge in [-0.1, -0.05) is 30.2 Å². The van der Waals surface area contributed by atoms with Crippen molar-refractivity contribution < 1.29 is 5.11 Å². The SMILES string of the molecule is CC(N)C(c1ccc(Cl)cc1)N1CCCCC1CCO. The molecular weight excluding hydrogens is 272 g/mol. The van der Waals surface area contributed by atoms with Crippen molar-refractivity contribution in [3.63, 3.8) is 0 Å². The largest absolute Gasteiger partial charge is 0.396 e. The highest BCUT2D eigenvalue weighted by Gasteiger charge is 2.31. The lowest BCUT2D eigenvalue weighted by Gasteiger charge is -2.43. The van der Waals surface area contributed by atoms with Gasteiger partial charge in [0.15, 0.2) is 0 Å². The van der Waals surface area contributed by atoms with Crippen LogP contribution in [0, 0.1) is 0 Å². The van der Waals surface area contributed by atoms with Crippen molar-refractivity contribution in [2.24, 2.45) is 5.73 Å². The highest BCUT2D eigenvalue weighted by atomic mass is 35.5. The fourth-order valence-electron chi connectivity index (χ4n) is 3.31. The number of nitrogens with zero attached hydrogens (tertiary/aromatic N) is 1. The molecule has 1 heterocycles. The van der Waals surface area contributed by atoms with Gasteiger partial charge in [0.25, 0.3) is 0 Å². The van der Waals surface area contributed by atoms with Crippen LogP contribution in [0.25, 0.3) is 0 Å². The fraction of sp³-hybridized carbons (Fsp3) is 0.625. The minimum Gasteiger partial charge on any atom is -0.396 e. The molecule has 1 aliphatic rings. The van der Waals surface area contributed by atoms with Crippen molar-refractivity contribution in [3.05, 3.63) is 34.9 Å². The van der Waals surface area contributed by atoms with E-state index in [4.69, 9.17) is 17.3 Å². The molecule has 0 saturated carbocycles. The van der Waals surface area contributed by atoms with Crippen molar-refractivity contribution in [2.75, 3.05) is 13.2 Å². The number of halogens is 1. The molecule has 0 aromatic heterocycles. The molecule has 0 spiro atoms. The van der Waals surface area contributed by atoms with Crippen LogP contribution >= 0.6 is 11.6 Å². The van der Waals surface area contributed by atoms with Crippen LogP contribution in [0.15, 0.2) is 24.3 Å². The molecule has 0 aliphatic carbocycles. The zero-order valence-corrected chi connectivity index (χ0v) is 12.9. The van der Waals surface area contributed by atoms with E-state index in [1.807, 2.05) is 12.1 Å². The molecule has 1 aromatic rings. The lowest BCUT2D eigenvalue weighted by atomic mass is 9.91. The average Bonchev–Trinajstić information content (AvgIpc) is 2.43. The fourth-order valence-corrected chi connectivity index (χ4v) is 3.43. The zero-order chi connectivity index (χ0) is 14.5. The average molecular weight is 297 g/mol. The molecule has 0 amide bonds. The lowest BCUT2D eigenvalue weighted by Crippen LogP contribution is -2.48. The molecule has 0 radical (unpaired) electrons. The predicted molar refractivity (Wildman–Crippen MR) is 83.9 cm³/mol. The minimum atomic E-state index is 0.0514. The van der Waals surface area contributed by atoms with E-state index in [9.17, 15) is 5.11 Å². The summed E-state index contributed by atoms with van der Waals surface area (Å²) < 4.78 is 0. The number of piperidine rings is 1. The Morgan fingerprint density at radius 2 is 2.05 bits per heavy atom. The Bertz CT molecular complexity index is 405. The molecule has 112 valence electrons. The maximum Gasteiger partial charge on any atom is 0.0499 e. The van der Waals surface area contributed by atoms with E-state index >= 15 is 0 Å². The molecule has 3 unspecified atom stereocenters. The molecule has 1 aliphatic heterocycles. The Balaban J connectivity index is 2.24. The van der Waals surface area contributed by atoms with Crippen LogP contribution in [0.4, 0.5) is 0 Å². The number of rotatable bonds is 5. The first-order valence-corrected chi connectivity index (χ1v) is 7.89. The van der Waals surface area contributed by atoms with Crippen molar-refractivity contribution in [3.8, 4) is 0 Å². The van der Waals surface area contributed by atoms with Gasteiger partial charge in [0.05, 0.1) is 0 Å². The van der Waals surface area contributed by atoms with Crippen molar-refractivity contribution >= 4 is 11.6 Å². The molecule has 3 atom stereocenters. The third-order valence-electron chi connectivity index (χ3n) is 4.20. The second kappa shape index (κ2) is 7.41. The third-order valence-corrected chi connectivity index (χ3v) is 4.45. The van der Waals surface area contributed by atoms with E-state index in [0.29, 0.717) is 6.04 Å². The maximum atomic E-state index is 9.29. The maximum absolute atomic E-state index is 9.29. The Morgan fingerprint density at radius 1 is 1.35 bits per heavy atom. The van der Waals surface area contributed by atoms with Gasteiger partial charge in [-0.15, -0.1) is 0 Å². The van der Waals surface area contributed by atoms with E-state index in [1.165, 1.54) is 18.4 Å². The van der Waals surface area contributed by atoms with Crippen molar-refractivity contribution in [1.29, 1.82) is 0 Å². The molecule has 3 N–H and O–H groups in total. The molecule has 20 heavy (non-hydrogen) atoms. The topological polar surface area (TPSA) is 49.5 Å². The monoisotopic (exact) mass is 296 g/mol. The summed E-state index contributed by atoms with van der Waals surface area (Å²) in [5.74, 6) is 0. The molecule has 1 fully saturated rings. The van der Waals surface area contributed by atoms with Gasteiger partial charge in [0.1, 0.15) is 0 Å². The van der Waals surface area contributed by atoms with E-state index in [0.717, 1.165) is 24.4 Å². The van der Waals surface area contributed by atoms with Crippen LogP contribution < -0.4 is 5.73 Å². The Morgan fingerprint density at radius 3 is 2.65 bits per heavy atom. The molecular formula is C16H25ClN2O. The van der Waals surface area contributed by atoms with Crippen LogP contribution in [-0.4, -0.2) is 35.2 Å². The number of benzene rings is 1. The number of nitrogens with two attached hydrogens (primary N) is 1. The summed E-state index contributed by atoms with van der Waals surface area (Å²) in [6.07, 6.45) is 4.43. The summed E-state index contributed by atoms with van der Waals surface area (Å²) >= 11 is 5.98. The third kappa shape index (κ3) is 3.73. The Hall–Kier alpha value is -0.610. The van der Waals surface area contributed by atoms with Gasteiger partial charge in [-0.3, -0.25) is 4.90 Å². The standard InChI is InChI=1S/C16H25ClN2O/c1-12(18)16(13-5-7-14(17)8-6-13)19-10-3-2-4-15(19)9-11-20/h5-8,12,15-16,20H,2-4,9-11,18H2,1H3. The van der Waals surface area contributed by atoms with Crippen LogP contribution in [0.3, 0.4) is 0 Å². The van der Waals surface area contributed by atoms with Crippen LogP contribution in [0.1, 0.15) is 44.2 Å². The zero-order valence-electron chi connectivity index (χ0n) is 12.1. The van der Waals surface area contributed by atoms with Gasteiger partial charge in [-0.2, -0.15) is 0 Å². The number of aliphatic hydroxyl groups is 1. The van der Waals surface area contributed by atoms with Crippen LogP contribution in [0.5, 0.6) is 0 Å². The van der Waals surface area contributed by atoms with Crippen LogP contribution in [0.2, 0.25) is 5.02 Å². The molecule has 4 heteroatoms. The Labute approximate surface area is 126 Å². The van der Waals surface area contributed by atoms with Gasteiger partial charge in [-0.05, 0) is 50.4 Å². The summed E-state index contributed by atoms with van der Waals surface area (Å²) in [4.78, 5) is 2.48. The van der Waals surface area contributed by atoms with Gasteiger partial charge in [-0.25, -0.2) is 0 Å². The normalized spacial score (nSPS) is 23.5. The van der Waals surface area contributed by atoms with Gasteiger partial charge >= 0.3 is 0 Å².